The molecule has 0 aliphatic carbocycles. The van der Waals surface area contributed by atoms with Crippen LogP contribution in [-0.4, -0.2) is 50.9 Å². The molecule has 2 aliphatic heterocycles. The van der Waals surface area contributed by atoms with Crippen molar-refractivity contribution in [2.24, 2.45) is 7.05 Å². The highest BCUT2D eigenvalue weighted by Gasteiger charge is 2.38. The van der Waals surface area contributed by atoms with Crippen molar-refractivity contribution in [3.8, 4) is 5.88 Å². The largest absolute Gasteiger partial charge is 0.471 e. The summed E-state index contributed by atoms with van der Waals surface area (Å²) >= 11 is 0. The zero-order chi connectivity index (χ0) is 17.6. The molecule has 0 N–H and O–H groups in total. The van der Waals surface area contributed by atoms with Crippen LogP contribution in [-0.2, 0) is 18.2 Å². The number of aryl methyl sites for hydroxylation is 1. The summed E-state index contributed by atoms with van der Waals surface area (Å²) in [5.41, 5.74) is 2.58. The van der Waals surface area contributed by atoms with E-state index in [4.69, 9.17) is 9.47 Å². The van der Waals surface area contributed by atoms with Crippen molar-refractivity contribution >= 4 is 5.91 Å². The van der Waals surface area contributed by atoms with Gasteiger partial charge in [0.1, 0.15) is 11.8 Å². The molecule has 2 aromatic rings. The van der Waals surface area contributed by atoms with Crippen molar-refractivity contribution in [1.82, 2.24) is 19.7 Å². The van der Waals surface area contributed by atoms with Crippen LogP contribution in [0.4, 0.5) is 0 Å². The number of pyridine rings is 1. The highest BCUT2D eigenvalue weighted by Crippen LogP contribution is 2.32. The summed E-state index contributed by atoms with van der Waals surface area (Å²) in [6, 6.07) is 5.56. The molecule has 0 unspecified atom stereocenters. The van der Waals surface area contributed by atoms with Gasteiger partial charge in [0.25, 0.3) is 5.91 Å². The second-order valence-corrected chi connectivity index (χ2v) is 6.75. The molecule has 0 bridgehead atoms. The Labute approximate surface area is 146 Å². The fourth-order valence-electron chi connectivity index (χ4n) is 3.55. The number of ether oxygens (including phenoxy) is 2. The minimum atomic E-state index is -0.0804. The summed E-state index contributed by atoms with van der Waals surface area (Å²) in [5.74, 6) is 0.607. The van der Waals surface area contributed by atoms with Crippen LogP contribution in [0, 0.1) is 0 Å². The third-order valence-corrected chi connectivity index (χ3v) is 4.75. The second kappa shape index (κ2) is 6.15. The van der Waals surface area contributed by atoms with E-state index in [1.165, 1.54) is 0 Å². The van der Waals surface area contributed by atoms with Gasteiger partial charge in [-0.2, -0.15) is 5.10 Å². The summed E-state index contributed by atoms with van der Waals surface area (Å²) in [6.07, 6.45) is 2.42. The maximum Gasteiger partial charge on any atom is 0.272 e. The summed E-state index contributed by atoms with van der Waals surface area (Å²) in [6.45, 7) is 5.14. The number of nitrogens with zero attached hydrogens (tertiary/aromatic N) is 4. The lowest BCUT2D eigenvalue weighted by molar-refractivity contribution is -0.00740. The molecule has 4 rings (SSSR count). The first-order valence-corrected chi connectivity index (χ1v) is 8.61. The normalized spacial score (nSPS) is 23.1. The van der Waals surface area contributed by atoms with Gasteiger partial charge in [0, 0.05) is 31.3 Å². The Morgan fingerprint density at radius 3 is 2.84 bits per heavy atom. The molecule has 1 amide bonds. The van der Waals surface area contributed by atoms with E-state index in [2.05, 4.69) is 10.1 Å². The van der Waals surface area contributed by atoms with Gasteiger partial charge >= 0.3 is 0 Å². The number of rotatable bonds is 3. The maximum atomic E-state index is 12.9. The van der Waals surface area contributed by atoms with Crippen molar-refractivity contribution in [3.05, 3.63) is 41.3 Å². The van der Waals surface area contributed by atoms with Crippen LogP contribution in [0.25, 0.3) is 0 Å². The first-order chi connectivity index (χ1) is 12.0. The van der Waals surface area contributed by atoms with Crippen LogP contribution in [0.5, 0.6) is 5.88 Å². The zero-order valence-corrected chi connectivity index (χ0v) is 14.7. The number of fused-ring (bicyclic) bond motifs is 1. The number of hydrogen-bond acceptors (Lipinski definition) is 5. The lowest BCUT2D eigenvalue weighted by Gasteiger charge is -2.38. The Balaban J connectivity index is 1.46. The molecular weight excluding hydrogens is 320 g/mol. The number of hydrogen-bond donors (Lipinski definition) is 0. The minimum Gasteiger partial charge on any atom is -0.471 e. The van der Waals surface area contributed by atoms with Gasteiger partial charge in [0.2, 0.25) is 5.88 Å². The number of carbonyl (C=O) groups is 1. The smallest absolute Gasteiger partial charge is 0.272 e. The van der Waals surface area contributed by atoms with Gasteiger partial charge in [-0.05, 0) is 19.9 Å². The van der Waals surface area contributed by atoms with Crippen LogP contribution in [0.1, 0.15) is 41.7 Å². The average molecular weight is 342 g/mol. The number of amides is 1. The highest BCUT2D eigenvalue weighted by atomic mass is 16.5. The summed E-state index contributed by atoms with van der Waals surface area (Å²) < 4.78 is 13.3. The SMILES string of the molecule is C[C@@H]1Cc2c(nn(C)c2C(=O)N2CC(Oc3ccccn3)C2)[C@H](C)O1. The average Bonchev–Trinajstić information content (AvgIpc) is 2.87. The van der Waals surface area contributed by atoms with E-state index in [1.807, 2.05) is 39.1 Å². The fourth-order valence-corrected chi connectivity index (χ4v) is 3.55. The van der Waals surface area contributed by atoms with E-state index in [-0.39, 0.29) is 24.2 Å². The summed E-state index contributed by atoms with van der Waals surface area (Å²) in [5, 5.41) is 4.52. The Bertz CT molecular complexity index is 783. The number of aromatic nitrogens is 3. The number of likely N-dealkylation sites (tertiary alicyclic amines) is 1. The van der Waals surface area contributed by atoms with Crippen molar-refractivity contribution in [2.45, 2.75) is 38.6 Å². The van der Waals surface area contributed by atoms with Crippen molar-refractivity contribution in [2.75, 3.05) is 13.1 Å². The Hall–Kier alpha value is -2.41. The van der Waals surface area contributed by atoms with Gasteiger partial charge in [-0.3, -0.25) is 9.48 Å². The van der Waals surface area contributed by atoms with Gasteiger partial charge in [-0.15, -0.1) is 0 Å². The highest BCUT2D eigenvalue weighted by molar-refractivity contribution is 5.95. The van der Waals surface area contributed by atoms with Crippen LogP contribution >= 0.6 is 0 Å². The topological polar surface area (TPSA) is 69.5 Å². The van der Waals surface area contributed by atoms with Gasteiger partial charge in [0.15, 0.2) is 0 Å². The molecule has 7 nitrogen and oxygen atoms in total. The van der Waals surface area contributed by atoms with E-state index >= 15 is 0 Å². The minimum absolute atomic E-state index is 0.0101. The monoisotopic (exact) mass is 342 g/mol. The van der Waals surface area contributed by atoms with Crippen LogP contribution < -0.4 is 4.74 Å². The third-order valence-electron chi connectivity index (χ3n) is 4.75. The Kier molecular flexibility index (Phi) is 3.95. The molecule has 7 heteroatoms. The first-order valence-electron chi connectivity index (χ1n) is 8.61. The predicted molar refractivity (Wildman–Crippen MR) is 90.4 cm³/mol. The van der Waals surface area contributed by atoms with E-state index in [0.29, 0.717) is 24.7 Å². The summed E-state index contributed by atoms with van der Waals surface area (Å²) in [7, 11) is 1.82. The lowest BCUT2D eigenvalue weighted by atomic mass is 9.98. The molecular formula is C18H22N4O3. The molecule has 2 aliphatic rings. The van der Waals surface area contributed by atoms with Crippen molar-refractivity contribution in [3.63, 3.8) is 0 Å². The third kappa shape index (κ3) is 2.89. The van der Waals surface area contributed by atoms with E-state index in [1.54, 1.807) is 15.8 Å². The molecule has 0 radical (unpaired) electrons. The second-order valence-electron chi connectivity index (χ2n) is 6.75. The van der Waals surface area contributed by atoms with Gasteiger partial charge in [-0.1, -0.05) is 6.07 Å². The molecule has 25 heavy (non-hydrogen) atoms. The molecule has 2 aromatic heterocycles. The molecule has 0 spiro atoms. The lowest BCUT2D eigenvalue weighted by Crippen LogP contribution is -2.56. The van der Waals surface area contributed by atoms with Gasteiger partial charge in [-0.25, -0.2) is 4.98 Å². The fraction of sp³-hybridized carbons (Fsp3) is 0.500. The van der Waals surface area contributed by atoms with Gasteiger partial charge in [0.05, 0.1) is 31.0 Å². The quantitative estimate of drug-likeness (QED) is 0.850. The zero-order valence-electron chi connectivity index (χ0n) is 14.7. The van der Waals surface area contributed by atoms with Crippen molar-refractivity contribution < 1.29 is 14.3 Å². The standard InChI is InChI=1S/C18H22N4O3/c1-11-8-14-16(12(2)24-11)20-21(3)17(14)18(23)22-9-13(10-22)25-15-6-4-5-7-19-15/h4-7,11-13H,8-10H2,1-3H3/t11-,12+/m1/s1. The number of carbonyl (C=O) groups excluding carboxylic acids is 1. The van der Waals surface area contributed by atoms with E-state index in [0.717, 1.165) is 17.7 Å². The molecule has 0 aromatic carbocycles. The van der Waals surface area contributed by atoms with E-state index in [9.17, 15) is 4.79 Å². The molecule has 2 atom stereocenters. The molecule has 132 valence electrons. The summed E-state index contributed by atoms with van der Waals surface area (Å²) in [4.78, 5) is 18.9. The molecule has 1 saturated heterocycles. The predicted octanol–water partition coefficient (Wildman–Crippen LogP) is 1.74. The van der Waals surface area contributed by atoms with E-state index < -0.39 is 0 Å². The Morgan fingerprint density at radius 1 is 1.32 bits per heavy atom. The molecule has 4 heterocycles. The van der Waals surface area contributed by atoms with Crippen molar-refractivity contribution in [1.29, 1.82) is 0 Å². The van der Waals surface area contributed by atoms with Crippen LogP contribution in [0.2, 0.25) is 0 Å². The van der Waals surface area contributed by atoms with Crippen LogP contribution in [0.15, 0.2) is 24.4 Å². The maximum absolute atomic E-state index is 12.9. The first kappa shape index (κ1) is 16.1. The van der Waals surface area contributed by atoms with Gasteiger partial charge < -0.3 is 14.4 Å². The van der Waals surface area contributed by atoms with Crippen LogP contribution in [0.3, 0.4) is 0 Å². The molecule has 0 saturated carbocycles. The molecule has 1 fully saturated rings. The Morgan fingerprint density at radius 2 is 2.12 bits per heavy atom.